The van der Waals surface area contributed by atoms with Crippen LogP contribution in [0, 0.1) is 0 Å². The first-order valence-electron chi connectivity index (χ1n) is 6.40. The van der Waals surface area contributed by atoms with Crippen LogP contribution >= 0.6 is 0 Å². The third-order valence-electron chi connectivity index (χ3n) is 2.79. The van der Waals surface area contributed by atoms with Gasteiger partial charge in [-0.05, 0) is 31.9 Å². The van der Waals surface area contributed by atoms with Gasteiger partial charge >= 0.3 is 0 Å². The van der Waals surface area contributed by atoms with Crippen LogP contribution in [-0.4, -0.2) is 18.1 Å². The standard InChI is InChI=1S/C14H22N2O2/c1-4-10(3)18-12-8-6-7-11(9-12)16-14(17)13(15)5-2/h6-10,13H,4-5,15H2,1-3H3,(H,16,17)/t10?,13-/m1/s1. The summed E-state index contributed by atoms with van der Waals surface area (Å²) in [4.78, 5) is 11.7. The lowest BCUT2D eigenvalue weighted by Crippen LogP contribution is -2.34. The molecule has 0 aliphatic rings. The minimum atomic E-state index is -0.468. The van der Waals surface area contributed by atoms with Crippen molar-refractivity contribution in [3.8, 4) is 5.75 Å². The van der Waals surface area contributed by atoms with Crippen molar-refractivity contribution in [1.82, 2.24) is 0 Å². The summed E-state index contributed by atoms with van der Waals surface area (Å²) in [6.07, 6.45) is 1.72. The average Bonchev–Trinajstić information content (AvgIpc) is 2.37. The van der Waals surface area contributed by atoms with Crippen LogP contribution in [0.1, 0.15) is 33.6 Å². The van der Waals surface area contributed by atoms with Crippen molar-refractivity contribution in [2.24, 2.45) is 5.73 Å². The van der Waals surface area contributed by atoms with Crippen LogP contribution in [0.5, 0.6) is 5.75 Å². The largest absolute Gasteiger partial charge is 0.491 e. The minimum Gasteiger partial charge on any atom is -0.491 e. The molecule has 0 heterocycles. The summed E-state index contributed by atoms with van der Waals surface area (Å²) < 4.78 is 5.69. The number of benzene rings is 1. The van der Waals surface area contributed by atoms with Crippen molar-refractivity contribution >= 4 is 11.6 Å². The van der Waals surface area contributed by atoms with E-state index >= 15 is 0 Å². The Labute approximate surface area is 109 Å². The molecule has 0 spiro atoms. The molecule has 0 fully saturated rings. The van der Waals surface area contributed by atoms with E-state index in [1.165, 1.54) is 0 Å². The molecule has 100 valence electrons. The molecule has 1 unspecified atom stereocenters. The highest BCUT2D eigenvalue weighted by Gasteiger charge is 2.11. The van der Waals surface area contributed by atoms with Crippen LogP contribution in [0.4, 0.5) is 5.69 Å². The Morgan fingerprint density at radius 2 is 2.11 bits per heavy atom. The smallest absolute Gasteiger partial charge is 0.241 e. The first-order valence-corrected chi connectivity index (χ1v) is 6.40. The zero-order valence-corrected chi connectivity index (χ0v) is 11.3. The zero-order chi connectivity index (χ0) is 13.5. The molecule has 0 saturated carbocycles. The number of rotatable bonds is 6. The molecular weight excluding hydrogens is 228 g/mol. The van der Waals surface area contributed by atoms with Gasteiger partial charge in [-0.15, -0.1) is 0 Å². The number of carbonyl (C=O) groups excluding carboxylic acids is 1. The fraction of sp³-hybridized carbons (Fsp3) is 0.500. The minimum absolute atomic E-state index is 0.161. The fourth-order valence-corrected chi connectivity index (χ4v) is 1.38. The third-order valence-corrected chi connectivity index (χ3v) is 2.79. The van der Waals surface area contributed by atoms with E-state index < -0.39 is 6.04 Å². The van der Waals surface area contributed by atoms with E-state index in [-0.39, 0.29) is 12.0 Å². The third kappa shape index (κ3) is 4.37. The predicted molar refractivity (Wildman–Crippen MR) is 73.7 cm³/mol. The molecule has 0 aromatic heterocycles. The number of nitrogens with two attached hydrogens (primary N) is 1. The quantitative estimate of drug-likeness (QED) is 0.815. The number of nitrogens with one attached hydrogen (secondary N) is 1. The van der Waals surface area contributed by atoms with Gasteiger partial charge in [0.15, 0.2) is 0 Å². The number of carbonyl (C=O) groups is 1. The maximum Gasteiger partial charge on any atom is 0.241 e. The molecule has 0 radical (unpaired) electrons. The summed E-state index contributed by atoms with van der Waals surface area (Å²) in [5, 5.41) is 2.78. The Hall–Kier alpha value is -1.55. The van der Waals surface area contributed by atoms with E-state index in [4.69, 9.17) is 10.5 Å². The summed E-state index contributed by atoms with van der Waals surface area (Å²) in [5.74, 6) is 0.588. The molecule has 1 amide bonds. The second kappa shape index (κ2) is 7.01. The second-order valence-corrected chi connectivity index (χ2v) is 4.37. The number of amides is 1. The Morgan fingerprint density at radius 3 is 2.72 bits per heavy atom. The van der Waals surface area contributed by atoms with Gasteiger partial charge in [0.25, 0.3) is 0 Å². The number of anilines is 1. The Balaban J connectivity index is 2.67. The molecule has 4 nitrogen and oxygen atoms in total. The summed E-state index contributed by atoms with van der Waals surface area (Å²) in [5.41, 5.74) is 6.37. The van der Waals surface area contributed by atoms with Gasteiger partial charge in [0.1, 0.15) is 5.75 Å². The van der Waals surface area contributed by atoms with Crippen molar-refractivity contribution < 1.29 is 9.53 Å². The lowest BCUT2D eigenvalue weighted by Gasteiger charge is -2.14. The summed E-state index contributed by atoms with van der Waals surface area (Å²) in [6, 6.07) is 6.90. The van der Waals surface area contributed by atoms with Gasteiger partial charge in [-0.3, -0.25) is 4.79 Å². The van der Waals surface area contributed by atoms with Crippen LogP contribution in [0.15, 0.2) is 24.3 Å². The van der Waals surface area contributed by atoms with Crippen LogP contribution in [0.3, 0.4) is 0 Å². The molecule has 1 aromatic rings. The van der Waals surface area contributed by atoms with Gasteiger partial charge < -0.3 is 15.8 Å². The molecule has 18 heavy (non-hydrogen) atoms. The van der Waals surface area contributed by atoms with E-state index in [9.17, 15) is 4.79 Å². The van der Waals surface area contributed by atoms with Crippen molar-refractivity contribution in [3.63, 3.8) is 0 Å². The summed E-state index contributed by atoms with van der Waals surface area (Å²) >= 11 is 0. The van der Waals surface area contributed by atoms with Crippen LogP contribution < -0.4 is 15.8 Å². The van der Waals surface area contributed by atoms with Gasteiger partial charge in [0.05, 0.1) is 12.1 Å². The van der Waals surface area contributed by atoms with E-state index in [2.05, 4.69) is 12.2 Å². The van der Waals surface area contributed by atoms with Crippen molar-refractivity contribution in [2.75, 3.05) is 5.32 Å². The molecule has 0 bridgehead atoms. The summed E-state index contributed by atoms with van der Waals surface area (Å²) in [7, 11) is 0. The predicted octanol–water partition coefficient (Wildman–Crippen LogP) is 2.54. The lowest BCUT2D eigenvalue weighted by atomic mass is 10.2. The van der Waals surface area contributed by atoms with Gasteiger partial charge in [-0.2, -0.15) is 0 Å². The Bertz CT molecular complexity index is 393. The summed E-state index contributed by atoms with van der Waals surface area (Å²) in [6.45, 7) is 5.96. The van der Waals surface area contributed by atoms with E-state index in [0.29, 0.717) is 12.1 Å². The molecule has 1 aromatic carbocycles. The molecular formula is C14H22N2O2. The highest BCUT2D eigenvalue weighted by Crippen LogP contribution is 2.19. The highest BCUT2D eigenvalue weighted by molar-refractivity contribution is 5.94. The van der Waals surface area contributed by atoms with Gasteiger partial charge in [0.2, 0.25) is 5.91 Å². The zero-order valence-electron chi connectivity index (χ0n) is 11.3. The number of hydrogen-bond acceptors (Lipinski definition) is 3. The Morgan fingerprint density at radius 1 is 1.39 bits per heavy atom. The lowest BCUT2D eigenvalue weighted by molar-refractivity contribution is -0.117. The van der Waals surface area contributed by atoms with Crippen LogP contribution in [-0.2, 0) is 4.79 Å². The maximum atomic E-state index is 11.7. The van der Waals surface area contributed by atoms with Crippen molar-refractivity contribution in [2.45, 2.75) is 45.8 Å². The molecule has 4 heteroatoms. The van der Waals surface area contributed by atoms with Crippen LogP contribution in [0.2, 0.25) is 0 Å². The number of hydrogen-bond donors (Lipinski definition) is 2. The topological polar surface area (TPSA) is 64.3 Å². The highest BCUT2D eigenvalue weighted by atomic mass is 16.5. The average molecular weight is 250 g/mol. The molecule has 2 atom stereocenters. The van der Waals surface area contributed by atoms with E-state index in [0.717, 1.165) is 12.2 Å². The van der Waals surface area contributed by atoms with Crippen molar-refractivity contribution in [1.29, 1.82) is 0 Å². The molecule has 0 saturated heterocycles. The maximum absolute atomic E-state index is 11.7. The molecule has 0 aliphatic carbocycles. The van der Waals surface area contributed by atoms with Crippen LogP contribution in [0.25, 0.3) is 0 Å². The fourth-order valence-electron chi connectivity index (χ4n) is 1.38. The van der Waals surface area contributed by atoms with Crippen molar-refractivity contribution in [3.05, 3.63) is 24.3 Å². The number of ether oxygens (including phenoxy) is 1. The Kier molecular flexibility index (Phi) is 5.65. The molecule has 3 N–H and O–H groups in total. The van der Waals surface area contributed by atoms with E-state index in [1.54, 1.807) is 0 Å². The SMILES string of the molecule is CCC(C)Oc1cccc(NC(=O)[C@H](N)CC)c1. The van der Waals surface area contributed by atoms with Gasteiger partial charge in [-0.1, -0.05) is 19.9 Å². The monoisotopic (exact) mass is 250 g/mol. The van der Waals surface area contributed by atoms with E-state index in [1.807, 2.05) is 38.1 Å². The second-order valence-electron chi connectivity index (χ2n) is 4.37. The van der Waals surface area contributed by atoms with Gasteiger partial charge in [0, 0.05) is 11.8 Å². The first kappa shape index (κ1) is 14.5. The molecule has 0 aliphatic heterocycles. The first-order chi connectivity index (χ1) is 8.56. The van der Waals surface area contributed by atoms with Gasteiger partial charge in [-0.25, -0.2) is 0 Å². The molecule has 1 rings (SSSR count). The normalized spacial score (nSPS) is 13.8.